The molecule has 0 radical (unpaired) electrons. The first-order valence-electron chi connectivity index (χ1n) is 4.66. The molecule has 3 nitrogen and oxygen atoms in total. The van der Waals surface area contributed by atoms with Crippen LogP contribution in [0.2, 0.25) is 0 Å². The number of benzene rings is 1. The van der Waals surface area contributed by atoms with Crippen molar-refractivity contribution in [3.63, 3.8) is 0 Å². The fourth-order valence-electron chi connectivity index (χ4n) is 1.19. The Morgan fingerprint density at radius 3 is 2.93 bits per heavy atom. The molecular formula is C11H15FN2O. The van der Waals surface area contributed by atoms with Crippen LogP contribution in [0.1, 0.15) is 6.42 Å². The van der Waals surface area contributed by atoms with Crippen LogP contribution in [0.3, 0.4) is 0 Å². The van der Waals surface area contributed by atoms with Gasteiger partial charge in [0.25, 0.3) is 0 Å². The minimum absolute atomic E-state index is 0.296. The van der Waals surface area contributed by atoms with Gasteiger partial charge in [0.05, 0.1) is 18.5 Å². The van der Waals surface area contributed by atoms with Crippen LogP contribution in [0.5, 0.6) is 5.75 Å². The predicted molar refractivity (Wildman–Crippen MR) is 60.7 cm³/mol. The van der Waals surface area contributed by atoms with Gasteiger partial charge in [0.1, 0.15) is 11.6 Å². The summed E-state index contributed by atoms with van der Waals surface area (Å²) in [6, 6.07) is 2.79. The number of nitrogens with two attached hydrogens (primary N) is 1. The Bertz CT molecular complexity index is 353. The molecule has 0 amide bonds. The largest absolute Gasteiger partial charge is 0.495 e. The predicted octanol–water partition coefficient (Wildman–Crippen LogP) is 2.40. The van der Waals surface area contributed by atoms with Crippen molar-refractivity contribution >= 4 is 11.4 Å². The molecule has 0 aromatic heterocycles. The molecular weight excluding hydrogens is 195 g/mol. The van der Waals surface area contributed by atoms with Gasteiger partial charge in [-0.05, 0) is 6.42 Å². The lowest BCUT2D eigenvalue weighted by Gasteiger charge is -2.10. The normalized spacial score (nSPS) is 9.73. The Labute approximate surface area is 88.7 Å². The summed E-state index contributed by atoms with van der Waals surface area (Å²) in [4.78, 5) is 0. The van der Waals surface area contributed by atoms with E-state index in [4.69, 9.17) is 10.5 Å². The molecule has 0 aliphatic rings. The number of rotatable bonds is 5. The van der Waals surface area contributed by atoms with Crippen LogP contribution >= 0.6 is 0 Å². The number of halogens is 1. The molecule has 0 saturated heterocycles. The van der Waals surface area contributed by atoms with Crippen molar-refractivity contribution in [2.45, 2.75) is 6.42 Å². The number of anilines is 2. The van der Waals surface area contributed by atoms with Gasteiger partial charge in [-0.25, -0.2) is 4.39 Å². The molecule has 0 bridgehead atoms. The maximum atomic E-state index is 13.4. The van der Waals surface area contributed by atoms with Crippen molar-refractivity contribution in [1.82, 2.24) is 0 Å². The van der Waals surface area contributed by atoms with Gasteiger partial charge in [-0.3, -0.25) is 0 Å². The SMILES string of the molecule is C=CCCNc1cc(OC)c(N)cc1F. The summed E-state index contributed by atoms with van der Waals surface area (Å²) in [5.41, 5.74) is 6.23. The smallest absolute Gasteiger partial charge is 0.148 e. The second kappa shape index (κ2) is 5.24. The van der Waals surface area contributed by atoms with Gasteiger partial charge in [0.15, 0.2) is 0 Å². The Kier molecular flexibility index (Phi) is 3.97. The summed E-state index contributed by atoms with van der Waals surface area (Å²) in [7, 11) is 1.50. The standard InChI is InChI=1S/C11H15FN2O/c1-3-4-5-14-10-7-11(15-2)9(13)6-8(10)12/h3,6-7,14H,1,4-5,13H2,2H3. The lowest BCUT2D eigenvalue weighted by molar-refractivity contribution is 0.416. The highest BCUT2D eigenvalue weighted by Crippen LogP contribution is 2.28. The number of methoxy groups -OCH3 is 1. The Morgan fingerprint density at radius 1 is 1.60 bits per heavy atom. The van der Waals surface area contributed by atoms with E-state index in [1.54, 1.807) is 12.1 Å². The second-order valence-corrected chi connectivity index (χ2v) is 3.08. The third kappa shape index (κ3) is 2.87. The monoisotopic (exact) mass is 210 g/mol. The first-order valence-corrected chi connectivity index (χ1v) is 4.66. The minimum Gasteiger partial charge on any atom is -0.495 e. The van der Waals surface area contributed by atoms with Crippen LogP contribution in [-0.2, 0) is 0 Å². The average molecular weight is 210 g/mol. The van der Waals surface area contributed by atoms with Crippen LogP contribution < -0.4 is 15.8 Å². The zero-order valence-corrected chi connectivity index (χ0v) is 8.72. The first kappa shape index (κ1) is 11.4. The van der Waals surface area contributed by atoms with Gasteiger partial charge in [-0.1, -0.05) is 6.08 Å². The van der Waals surface area contributed by atoms with Crippen molar-refractivity contribution in [3.05, 3.63) is 30.6 Å². The summed E-state index contributed by atoms with van der Waals surface area (Å²) in [6.07, 6.45) is 2.53. The fraction of sp³-hybridized carbons (Fsp3) is 0.273. The maximum absolute atomic E-state index is 13.4. The van der Waals surface area contributed by atoms with Gasteiger partial charge >= 0.3 is 0 Å². The first-order chi connectivity index (χ1) is 7.19. The summed E-state index contributed by atoms with van der Waals surface area (Å²) in [5, 5.41) is 2.93. The van der Waals surface area contributed by atoms with E-state index >= 15 is 0 Å². The van der Waals surface area contributed by atoms with E-state index in [9.17, 15) is 4.39 Å². The van der Waals surface area contributed by atoms with Crippen molar-refractivity contribution < 1.29 is 9.13 Å². The fourth-order valence-corrected chi connectivity index (χ4v) is 1.19. The number of ether oxygens (including phenoxy) is 1. The highest BCUT2D eigenvalue weighted by molar-refractivity contribution is 5.62. The maximum Gasteiger partial charge on any atom is 0.148 e. The van der Waals surface area contributed by atoms with E-state index < -0.39 is 0 Å². The molecule has 4 heteroatoms. The molecule has 1 aromatic rings. The molecule has 0 atom stereocenters. The van der Waals surface area contributed by atoms with Crippen LogP contribution in [0.15, 0.2) is 24.8 Å². The quantitative estimate of drug-likeness (QED) is 0.445. The molecule has 0 saturated carbocycles. The molecule has 3 N–H and O–H groups in total. The second-order valence-electron chi connectivity index (χ2n) is 3.08. The Hall–Kier alpha value is -1.71. The molecule has 82 valence electrons. The molecule has 15 heavy (non-hydrogen) atoms. The van der Waals surface area contributed by atoms with Crippen LogP contribution in [0, 0.1) is 5.82 Å². The molecule has 0 aliphatic carbocycles. The van der Waals surface area contributed by atoms with Crippen LogP contribution in [0.4, 0.5) is 15.8 Å². The summed E-state index contributed by atoms with van der Waals surface area (Å²) >= 11 is 0. The Balaban J connectivity index is 2.82. The van der Waals surface area contributed by atoms with Gasteiger partial charge < -0.3 is 15.8 Å². The van der Waals surface area contributed by atoms with Gasteiger partial charge in [-0.15, -0.1) is 6.58 Å². The van der Waals surface area contributed by atoms with E-state index in [0.29, 0.717) is 23.7 Å². The van der Waals surface area contributed by atoms with Crippen molar-refractivity contribution in [2.75, 3.05) is 24.7 Å². The molecule has 0 spiro atoms. The third-order valence-corrected chi connectivity index (χ3v) is 1.98. The molecule has 0 unspecified atom stereocenters. The van der Waals surface area contributed by atoms with Gasteiger partial charge in [0.2, 0.25) is 0 Å². The Morgan fingerprint density at radius 2 is 2.33 bits per heavy atom. The molecule has 1 aromatic carbocycles. The van der Waals surface area contributed by atoms with Crippen molar-refractivity contribution in [2.24, 2.45) is 0 Å². The summed E-state index contributed by atoms with van der Waals surface area (Å²) in [5.74, 6) is 0.0925. The zero-order chi connectivity index (χ0) is 11.3. The number of nitrogen functional groups attached to an aromatic ring is 1. The zero-order valence-electron chi connectivity index (χ0n) is 8.72. The molecule has 0 aliphatic heterocycles. The topological polar surface area (TPSA) is 47.3 Å². The minimum atomic E-state index is -0.377. The summed E-state index contributed by atoms with van der Waals surface area (Å²) < 4.78 is 18.4. The molecule has 0 heterocycles. The number of hydrogen-bond donors (Lipinski definition) is 2. The van der Waals surface area contributed by atoms with Crippen LogP contribution in [-0.4, -0.2) is 13.7 Å². The highest BCUT2D eigenvalue weighted by Gasteiger charge is 2.07. The number of hydrogen-bond acceptors (Lipinski definition) is 3. The third-order valence-electron chi connectivity index (χ3n) is 1.98. The van der Waals surface area contributed by atoms with E-state index in [2.05, 4.69) is 11.9 Å². The van der Waals surface area contributed by atoms with Crippen LogP contribution in [0.25, 0.3) is 0 Å². The molecule has 0 fully saturated rings. The van der Waals surface area contributed by atoms with E-state index in [-0.39, 0.29) is 5.82 Å². The lowest BCUT2D eigenvalue weighted by Crippen LogP contribution is -2.04. The van der Waals surface area contributed by atoms with Gasteiger partial charge in [-0.2, -0.15) is 0 Å². The highest BCUT2D eigenvalue weighted by atomic mass is 19.1. The average Bonchev–Trinajstić information content (AvgIpc) is 2.21. The number of nitrogens with one attached hydrogen (secondary N) is 1. The summed E-state index contributed by atoms with van der Waals surface area (Å²) in [6.45, 7) is 4.22. The van der Waals surface area contributed by atoms with Crippen molar-refractivity contribution in [1.29, 1.82) is 0 Å². The van der Waals surface area contributed by atoms with Gasteiger partial charge in [0, 0.05) is 18.7 Å². The van der Waals surface area contributed by atoms with Crippen molar-refractivity contribution in [3.8, 4) is 5.75 Å². The van der Waals surface area contributed by atoms with E-state index in [0.717, 1.165) is 6.42 Å². The lowest BCUT2D eigenvalue weighted by atomic mass is 10.2. The molecule has 1 rings (SSSR count). The van der Waals surface area contributed by atoms with E-state index in [1.165, 1.54) is 13.2 Å². The van der Waals surface area contributed by atoms with E-state index in [1.807, 2.05) is 0 Å².